The van der Waals surface area contributed by atoms with E-state index in [1.165, 1.54) is 18.1 Å². The number of phosphoric ester groups is 1. The van der Waals surface area contributed by atoms with E-state index < -0.39 is 13.4 Å². The number of hydrogen-bond donors (Lipinski definition) is 1. The zero-order valence-corrected chi connectivity index (χ0v) is 23.3. The highest BCUT2D eigenvalue weighted by atomic mass is 31.2. The van der Waals surface area contributed by atoms with Crippen LogP contribution in [0.1, 0.15) is 20.8 Å². The van der Waals surface area contributed by atoms with Crippen LogP contribution < -0.4 is 9.64 Å². The number of ether oxygens (including phenoxy) is 1. The van der Waals surface area contributed by atoms with Crippen molar-refractivity contribution in [3.63, 3.8) is 0 Å². The fraction of sp³-hybridized carbons (Fsp3) is 0.259. The van der Waals surface area contributed by atoms with E-state index in [0.717, 1.165) is 27.6 Å². The quantitative estimate of drug-likeness (QED) is 0.220. The van der Waals surface area contributed by atoms with Gasteiger partial charge in [0.2, 0.25) is 11.8 Å². The van der Waals surface area contributed by atoms with Crippen LogP contribution in [0.15, 0.2) is 67.9 Å². The van der Waals surface area contributed by atoms with Gasteiger partial charge in [0.1, 0.15) is 12.4 Å². The fourth-order valence-corrected chi connectivity index (χ4v) is 4.90. The van der Waals surface area contributed by atoms with Crippen LogP contribution in [-0.4, -0.2) is 50.1 Å². The monoisotopic (exact) mass is 551 g/mol. The molecule has 0 aliphatic heterocycles. The summed E-state index contributed by atoms with van der Waals surface area (Å²) in [4.78, 5) is 36.9. The van der Waals surface area contributed by atoms with Crippen LogP contribution in [-0.2, 0) is 25.1 Å². The summed E-state index contributed by atoms with van der Waals surface area (Å²) in [5.41, 5.74) is 3.31. The van der Waals surface area contributed by atoms with Gasteiger partial charge >= 0.3 is 7.82 Å². The van der Waals surface area contributed by atoms with Crippen LogP contribution >= 0.6 is 7.82 Å². The molecule has 0 saturated heterocycles. The van der Waals surface area contributed by atoms with Crippen molar-refractivity contribution in [2.24, 2.45) is 0 Å². The van der Waals surface area contributed by atoms with E-state index in [1.54, 1.807) is 69.4 Å². The molecule has 4 heterocycles. The Morgan fingerprint density at radius 1 is 1.15 bits per heavy atom. The molecule has 1 N–H and O–H groups in total. The maximum absolute atomic E-state index is 12.5. The predicted octanol–water partition coefficient (Wildman–Crippen LogP) is 5.21. The number of phosphoric acid groups is 1. The first-order valence-corrected chi connectivity index (χ1v) is 13.4. The second-order valence-corrected chi connectivity index (χ2v) is 11.0. The summed E-state index contributed by atoms with van der Waals surface area (Å²) >= 11 is 0. The highest BCUT2D eigenvalue weighted by Gasteiger charge is 2.29. The fourth-order valence-electron chi connectivity index (χ4n) is 3.89. The summed E-state index contributed by atoms with van der Waals surface area (Å²) < 4.78 is 29.9. The molecule has 0 aromatic carbocycles. The third kappa shape index (κ3) is 6.58. The lowest BCUT2D eigenvalue weighted by atomic mass is 10.0. The van der Waals surface area contributed by atoms with Crippen molar-refractivity contribution >= 4 is 30.5 Å². The summed E-state index contributed by atoms with van der Waals surface area (Å²) in [6, 6.07) is 7.37. The number of rotatable bonds is 9. The Morgan fingerprint density at radius 2 is 1.90 bits per heavy atom. The number of aromatic nitrogens is 4. The molecule has 0 bridgehead atoms. The van der Waals surface area contributed by atoms with Crippen molar-refractivity contribution in [2.75, 3.05) is 19.1 Å². The Balaban J connectivity index is 1.79. The smallest absolute Gasteiger partial charge is 0.474 e. The number of carbonyl (C=O) groups excluding carboxylic acids is 1. The molecule has 12 heteroatoms. The first-order chi connectivity index (χ1) is 18.4. The number of nitrogens with zero attached hydrogens (tertiary/aromatic N) is 5. The van der Waals surface area contributed by atoms with Crippen LogP contribution in [0.3, 0.4) is 0 Å². The number of likely N-dealkylation sites (N-methyl/N-ethyl adjacent to an activating group) is 1. The van der Waals surface area contributed by atoms with Crippen LogP contribution in [0.2, 0.25) is 0 Å². The molecule has 11 nitrogen and oxygen atoms in total. The molecule has 0 fully saturated rings. The van der Waals surface area contributed by atoms with E-state index in [0.29, 0.717) is 17.2 Å². The second-order valence-electron chi connectivity index (χ2n) is 9.66. The average molecular weight is 552 g/mol. The molecule has 1 unspecified atom stereocenters. The van der Waals surface area contributed by atoms with E-state index in [9.17, 15) is 14.3 Å². The number of methoxy groups -OCH3 is 1. The minimum Gasteiger partial charge on any atom is -0.481 e. The van der Waals surface area contributed by atoms with E-state index >= 15 is 0 Å². The summed E-state index contributed by atoms with van der Waals surface area (Å²) in [6.07, 6.45) is 9.57. The lowest BCUT2D eigenvalue weighted by Gasteiger charge is -2.22. The van der Waals surface area contributed by atoms with Gasteiger partial charge in [0, 0.05) is 60.0 Å². The Morgan fingerprint density at radius 3 is 2.59 bits per heavy atom. The number of amides is 1. The van der Waals surface area contributed by atoms with Crippen molar-refractivity contribution in [3.8, 4) is 28.1 Å². The predicted molar refractivity (Wildman–Crippen MR) is 148 cm³/mol. The van der Waals surface area contributed by atoms with Gasteiger partial charge < -0.3 is 19.1 Å². The Bertz CT molecular complexity index is 1580. The number of anilines is 1. The molecule has 0 spiro atoms. The molecule has 1 atom stereocenters. The highest BCUT2D eigenvalue weighted by Crippen LogP contribution is 2.47. The number of fused-ring (bicyclic) bond motifs is 1. The van der Waals surface area contributed by atoms with Crippen LogP contribution in [0.4, 0.5) is 5.69 Å². The lowest BCUT2D eigenvalue weighted by Crippen LogP contribution is -2.23. The lowest BCUT2D eigenvalue weighted by molar-refractivity contribution is -0.113. The van der Waals surface area contributed by atoms with Crippen molar-refractivity contribution in [1.29, 1.82) is 0 Å². The molecule has 39 heavy (non-hydrogen) atoms. The third-order valence-electron chi connectivity index (χ3n) is 5.67. The number of hydrogen-bond acceptors (Lipinski definition) is 8. The van der Waals surface area contributed by atoms with Gasteiger partial charge in [-0.3, -0.25) is 18.8 Å². The first-order valence-electron chi connectivity index (χ1n) is 11.9. The minimum absolute atomic E-state index is 0.259. The van der Waals surface area contributed by atoms with Crippen molar-refractivity contribution in [1.82, 2.24) is 19.5 Å². The van der Waals surface area contributed by atoms with Crippen molar-refractivity contribution < 1.29 is 28.0 Å². The number of pyridine rings is 3. The largest absolute Gasteiger partial charge is 0.481 e. The topological polar surface area (TPSA) is 129 Å². The zero-order valence-electron chi connectivity index (χ0n) is 22.4. The van der Waals surface area contributed by atoms with Gasteiger partial charge in [0.15, 0.2) is 0 Å². The summed E-state index contributed by atoms with van der Waals surface area (Å²) in [5.74, 6) is 0.171. The molecule has 4 rings (SSSR count). The van der Waals surface area contributed by atoms with Gasteiger partial charge in [-0.05, 0) is 50.6 Å². The van der Waals surface area contributed by atoms with E-state index in [1.807, 2.05) is 18.2 Å². The van der Waals surface area contributed by atoms with Gasteiger partial charge in [0.25, 0.3) is 0 Å². The number of carbonyl (C=O) groups is 1. The molecule has 4 aromatic rings. The average Bonchev–Trinajstić information content (AvgIpc) is 3.28. The van der Waals surface area contributed by atoms with Gasteiger partial charge in [-0.15, -0.1) is 0 Å². The van der Waals surface area contributed by atoms with E-state index in [-0.39, 0.29) is 12.6 Å². The van der Waals surface area contributed by atoms with Gasteiger partial charge in [-0.25, -0.2) is 14.5 Å². The molecule has 4 aromatic heterocycles. The van der Waals surface area contributed by atoms with Gasteiger partial charge in [-0.2, -0.15) is 0 Å². The second kappa shape index (κ2) is 11.1. The molecule has 0 aliphatic carbocycles. The highest BCUT2D eigenvalue weighted by molar-refractivity contribution is 7.47. The zero-order chi connectivity index (χ0) is 28.4. The Kier molecular flexibility index (Phi) is 7.99. The molecule has 0 aliphatic rings. The molecule has 0 saturated carbocycles. The van der Waals surface area contributed by atoms with Crippen molar-refractivity contribution in [3.05, 3.63) is 67.9 Å². The summed E-state index contributed by atoms with van der Waals surface area (Å²) in [6.45, 7) is 8.25. The molecule has 204 valence electrons. The molecular formula is C27H30N5O6P. The molecule has 0 radical (unpaired) electrons. The normalized spacial score (nSPS) is 13.2. The Labute approximate surface area is 226 Å². The molecule has 1 amide bonds. The van der Waals surface area contributed by atoms with Crippen LogP contribution in [0.25, 0.3) is 33.3 Å². The van der Waals surface area contributed by atoms with Crippen LogP contribution in [0.5, 0.6) is 5.88 Å². The minimum atomic E-state index is -4.34. The standard InChI is InChI=1S/C27H30N5O6P/c1-7-25(33)31(5)21-10-19(13-28-15-21)20-11-22-23(18-8-9-29-24(12-18)36-6)16-32(26(22)30-14-20)17-37-39(34,35)38-27(2,3)4/h7-16H,1,17H2,2-6H3,(H,34,35). The summed E-state index contributed by atoms with van der Waals surface area (Å²) in [5, 5.41) is 0.745. The van der Waals surface area contributed by atoms with Gasteiger partial charge in [-0.1, -0.05) is 6.58 Å². The van der Waals surface area contributed by atoms with Gasteiger partial charge in [0.05, 0.1) is 24.6 Å². The Hall–Kier alpha value is -3.89. The van der Waals surface area contributed by atoms with Crippen LogP contribution in [0, 0.1) is 0 Å². The maximum Gasteiger partial charge on any atom is 0.474 e. The van der Waals surface area contributed by atoms with E-state index in [4.69, 9.17) is 13.8 Å². The SMILES string of the molecule is C=CC(=O)N(C)c1cncc(-c2cnc3c(c2)c(-c2ccnc(OC)c2)cn3COP(=O)(O)OC(C)(C)C)c1. The summed E-state index contributed by atoms with van der Waals surface area (Å²) in [7, 11) is -1.17. The molecular weight excluding hydrogens is 521 g/mol. The van der Waals surface area contributed by atoms with E-state index in [2.05, 4.69) is 21.5 Å². The van der Waals surface area contributed by atoms with Crippen molar-refractivity contribution in [2.45, 2.75) is 33.1 Å². The third-order valence-corrected chi connectivity index (χ3v) is 6.89. The maximum atomic E-state index is 12.5. The first kappa shape index (κ1) is 28.1.